The van der Waals surface area contributed by atoms with E-state index in [1.165, 1.54) is 23.0 Å². The molecule has 0 saturated carbocycles. The molecule has 0 aliphatic rings. The van der Waals surface area contributed by atoms with E-state index in [-0.39, 0.29) is 35.7 Å². The summed E-state index contributed by atoms with van der Waals surface area (Å²) in [6, 6.07) is 12.4. The van der Waals surface area contributed by atoms with E-state index in [9.17, 15) is 14.7 Å². The highest BCUT2D eigenvalue weighted by molar-refractivity contribution is 5.97. The molecule has 0 spiro atoms. The SMILES string of the molecule is CCC(CC)(c1ccc(OC[C@H](O)C(C)(C)C)c(C)c1)c1ccc(C(=O)N(C)CC(C)=O)c(C)c1. The molecule has 2 rings (SSSR count). The van der Waals surface area contributed by atoms with E-state index in [2.05, 4.69) is 32.0 Å². The molecule has 35 heavy (non-hydrogen) atoms. The minimum absolute atomic E-state index is 0.0400. The number of aryl methyl sites for hydroxylation is 2. The van der Waals surface area contributed by atoms with Gasteiger partial charge >= 0.3 is 0 Å². The number of ether oxygens (including phenoxy) is 1. The predicted molar refractivity (Wildman–Crippen MR) is 142 cm³/mol. The lowest BCUT2D eigenvalue weighted by molar-refractivity contribution is -0.117. The Hall–Kier alpha value is -2.66. The number of rotatable bonds is 10. The van der Waals surface area contributed by atoms with Crippen molar-refractivity contribution in [2.24, 2.45) is 5.41 Å². The van der Waals surface area contributed by atoms with Crippen molar-refractivity contribution in [3.63, 3.8) is 0 Å². The summed E-state index contributed by atoms with van der Waals surface area (Å²) in [5.41, 5.74) is 4.49. The van der Waals surface area contributed by atoms with Gasteiger partial charge in [-0.3, -0.25) is 9.59 Å². The van der Waals surface area contributed by atoms with Gasteiger partial charge in [0.2, 0.25) is 0 Å². The first-order valence-electron chi connectivity index (χ1n) is 12.5. The Morgan fingerprint density at radius 3 is 1.97 bits per heavy atom. The van der Waals surface area contributed by atoms with Gasteiger partial charge in [-0.2, -0.15) is 0 Å². The molecule has 0 bridgehead atoms. The highest BCUT2D eigenvalue weighted by Crippen LogP contribution is 2.41. The zero-order valence-electron chi connectivity index (χ0n) is 23.0. The summed E-state index contributed by atoms with van der Waals surface area (Å²) in [6.07, 6.45) is 1.26. The Bertz CT molecular complexity index is 1050. The smallest absolute Gasteiger partial charge is 0.254 e. The normalized spacial score (nSPS) is 12.9. The number of aliphatic hydroxyl groups excluding tert-OH is 1. The molecule has 0 fully saturated rings. The van der Waals surface area contributed by atoms with Crippen LogP contribution >= 0.6 is 0 Å². The molecule has 0 heterocycles. The van der Waals surface area contributed by atoms with Gasteiger partial charge in [-0.05, 0) is 73.4 Å². The summed E-state index contributed by atoms with van der Waals surface area (Å²) in [4.78, 5) is 25.8. The van der Waals surface area contributed by atoms with Gasteiger partial charge in [0.1, 0.15) is 18.1 Å². The lowest BCUT2D eigenvalue weighted by Gasteiger charge is -2.34. The molecular formula is C30H43NO4. The van der Waals surface area contributed by atoms with E-state index in [0.717, 1.165) is 29.7 Å². The Balaban J connectivity index is 2.38. The first-order chi connectivity index (χ1) is 16.3. The summed E-state index contributed by atoms with van der Waals surface area (Å²) in [7, 11) is 1.66. The number of ketones is 1. The molecule has 0 saturated heterocycles. The first-order valence-corrected chi connectivity index (χ1v) is 12.5. The maximum absolute atomic E-state index is 12.9. The fraction of sp³-hybridized carbons (Fsp3) is 0.533. The number of hydrogen-bond donors (Lipinski definition) is 1. The van der Waals surface area contributed by atoms with E-state index in [1.54, 1.807) is 7.05 Å². The van der Waals surface area contributed by atoms with Crippen molar-refractivity contribution in [2.45, 2.75) is 79.8 Å². The molecular weight excluding hydrogens is 438 g/mol. The minimum Gasteiger partial charge on any atom is -0.491 e. The lowest BCUT2D eigenvalue weighted by atomic mass is 9.70. The van der Waals surface area contributed by atoms with E-state index in [0.29, 0.717) is 5.56 Å². The van der Waals surface area contributed by atoms with Crippen LogP contribution < -0.4 is 4.74 Å². The van der Waals surface area contributed by atoms with Gasteiger partial charge in [-0.25, -0.2) is 0 Å². The van der Waals surface area contributed by atoms with Crippen molar-refractivity contribution in [3.05, 3.63) is 64.2 Å². The van der Waals surface area contributed by atoms with Crippen molar-refractivity contribution in [2.75, 3.05) is 20.2 Å². The fourth-order valence-electron chi connectivity index (χ4n) is 4.57. The van der Waals surface area contributed by atoms with E-state index in [4.69, 9.17) is 4.74 Å². The molecule has 0 aromatic heterocycles. The number of carbonyl (C=O) groups excluding carboxylic acids is 2. The van der Waals surface area contributed by atoms with Crippen LogP contribution in [0, 0.1) is 19.3 Å². The van der Waals surface area contributed by atoms with Crippen molar-refractivity contribution >= 4 is 11.7 Å². The van der Waals surface area contributed by atoms with Crippen molar-refractivity contribution in [1.82, 2.24) is 4.90 Å². The lowest BCUT2D eigenvalue weighted by Crippen LogP contribution is -2.32. The van der Waals surface area contributed by atoms with Crippen LogP contribution in [0.2, 0.25) is 0 Å². The molecule has 5 heteroatoms. The van der Waals surface area contributed by atoms with Gasteiger partial charge in [0.05, 0.1) is 12.6 Å². The molecule has 192 valence electrons. The second-order valence-electron chi connectivity index (χ2n) is 10.9. The van der Waals surface area contributed by atoms with Crippen LogP contribution in [0.1, 0.15) is 87.0 Å². The number of likely N-dealkylation sites (N-methyl/N-ethyl adjacent to an activating group) is 1. The second-order valence-corrected chi connectivity index (χ2v) is 10.9. The van der Waals surface area contributed by atoms with Crippen molar-refractivity contribution in [1.29, 1.82) is 0 Å². The van der Waals surface area contributed by atoms with Gasteiger partial charge < -0.3 is 14.7 Å². The van der Waals surface area contributed by atoms with Gasteiger partial charge in [-0.1, -0.05) is 58.9 Å². The second kappa shape index (κ2) is 11.4. The zero-order chi connectivity index (χ0) is 26.6. The molecule has 1 amide bonds. The van der Waals surface area contributed by atoms with Gasteiger partial charge in [-0.15, -0.1) is 0 Å². The van der Waals surface area contributed by atoms with Gasteiger partial charge in [0.15, 0.2) is 0 Å². The number of Topliss-reactive ketones (excluding diaryl/α,β-unsaturated/α-hetero) is 1. The number of hydrogen-bond acceptors (Lipinski definition) is 4. The largest absolute Gasteiger partial charge is 0.491 e. The average Bonchev–Trinajstić information content (AvgIpc) is 2.78. The molecule has 1 atom stereocenters. The van der Waals surface area contributed by atoms with E-state index < -0.39 is 6.10 Å². The van der Waals surface area contributed by atoms with Crippen molar-refractivity contribution < 1.29 is 19.4 Å². The van der Waals surface area contributed by atoms with Crippen LogP contribution in [0.15, 0.2) is 36.4 Å². The Labute approximate surface area is 211 Å². The van der Waals surface area contributed by atoms with E-state index in [1.807, 2.05) is 52.8 Å². The maximum Gasteiger partial charge on any atom is 0.254 e. The Morgan fingerprint density at radius 2 is 1.51 bits per heavy atom. The molecule has 2 aromatic carbocycles. The highest BCUT2D eigenvalue weighted by atomic mass is 16.5. The number of amides is 1. The predicted octanol–water partition coefficient (Wildman–Crippen LogP) is 5.86. The van der Waals surface area contributed by atoms with Crippen LogP contribution in [-0.4, -0.2) is 48.0 Å². The minimum atomic E-state index is -0.550. The maximum atomic E-state index is 12.9. The summed E-state index contributed by atoms with van der Waals surface area (Å²) >= 11 is 0. The van der Waals surface area contributed by atoms with Crippen LogP contribution in [0.5, 0.6) is 5.75 Å². The monoisotopic (exact) mass is 481 g/mol. The molecule has 0 radical (unpaired) electrons. The molecule has 5 nitrogen and oxygen atoms in total. The molecule has 1 N–H and O–H groups in total. The highest BCUT2D eigenvalue weighted by Gasteiger charge is 2.32. The van der Waals surface area contributed by atoms with Gasteiger partial charge in [0, 0.05) is 18.0 Å². The molecule has 0 aliphatic heterocycles. The third-order valence-corrected chi connectivity index (χ3v) is 7.15. The first kappa shape index (κ1) is 28.6. The summed E-state index contributed by atoms with van der Waals surface area (Å²) in [6.45, 7) is 16.2. The third-order valence-electron chi connectivity index (χ3n) is 7.15. The average molecular weight is 482 g/mol. The van der Waals surface area contributed by atoms with E-state index >= 15 is 0 Å². The number of aliphatic hydroxyl groups is 1. The number of benzene rings is 2. The standard InChI is InChI=1S/C30H43NO4/c1-10-30(11-2,23-12-14-25(20(3)16-23)28(34)31(9)18-22(5)32)24-13-15-26(21(4)17-24)35-19-27(33)29(6,7)8/h12-17,27,33H,10-11,18-19H2,1-9H3/t27-/m0/s1. The van der Waals surface area contributed by atoms with Crippen molar-refractivity contribution in [3.8, 4) is 5.75 Å². The summed E-state index contributed by atoms with van der Waals surface area (Å²) in [5, 5.41) is 10.3. The molecule has 0 unspecified atom stereocenters. The summed E-state index contributed by atoms with van der Waals surface area (Å²) < 4.78 is 5.96. The third kappa shape index (κ3) is 6.52. The Morgan fingerprint density at radius 1 is 0.971 bits per heavy atom. The topological polar surface area (TPSA) is 66.8 Å². The van der Waals surface area contributed by atoms with Crippen LogP contribution in [-0.2, 0) is 10.2 Å². The van der Waals surface area contributed by atoms with Gasteiger partial charge in [0.25, 0.3) is 5.91 Å². The number of carbonyl (C=O) groups is 2. The summed E-state index contributed by atoms with van der Waals surface area (Å²) in [5.74, 6) is 0.600. The quantitative estimate of drug-likeness (QED) is 0.462. The Kier molecular flexibility index (Phi) is 9.29. The zero-order valence-corrected chi connectivity index (χ0v) is 23.0. The van der Waals surface area contributed by atoms with Crippen LogP contribution in [0.25, 0.3) is 0 Å². The number of nitrogens with zero attached hydrogens (tertiary/aromatic N) is 1. The molecule has 2 aromatic rings. The van der Waals surface area contributed by atoms with Crippen LogP contribution in [0.4, 0.5) is 0 Å². The van der Waals surface area contributed by atoms with Crippen LogP contribution in [0.3, 0.4) is 0 Å². The fourth-order valence-corrected chi connectivity index (χ4v) is 4.57. The molecule has 0 aliphatic carbocycles.